The van der Waals surface area contributed by atoms with Crippen LogP contribution in [0.2, 0.25) is 0 Å². The first kappa shape index (κ1) is 24.3. The van der Waals surface area contributed by atoms with Crippen LogP contribution in [0.3, 0.4) is 0 Å². The fourth-order valence-electron chi connectivity index (χ4n) is 5.80. The van der Waals surface area contributed by atoms with Crippen LogP contribution in [0.15, 0.2) is 72.8 Å². The fraction of sp³-hybridized carbons (Fsp3) is 0.281. The Morgan fingerprint density at radius 2 is 1.53 bits per heavy atom. The smallest absolute Gasteiger partial charge is 0.339 e. The highest BCUT2D eigenvalue weighted by atomic mass is 16.5. The third-order valence-corrected chi connectivity index (χ3v) is 7.57. The maximum Gasteiger partial charge on any atom is 0.339 e. The Kier molecular flexibility index (Phi) is 6.64. The van der Waals surface area contributed by atoms with Crippen molar-refractivity contribution in [3.05, 3.63) is 101 Å². The van der Waals surface area contributed by atoms with Crippen LogP contribution >= 0.6 is 0 Å². The summed E-state index contributed by atoms with van der Waals surface area (Å²) in [6.45, 7) is 4.37. The van der Waals surface area contributed by atoms with E-state index < -0.39 is 5.97 Å². The van der Waals surface area contributed by atoms with Gasteiger partial charge in [0.15, 0.2) is 6.61 Å². The van der Waals surface area contributed by atoms with Gasteiger partial charge in [-0.15, -0.1) is 0 Å². The molecule has 0 atom stereocenters. The van der Waals surface area contributed by atoms with Crippen molar-refractivity contribution >= 4 is 34.2 Å². The Balaban J connectivity index is 1.32. The molecule has 6 nitrogen and oxygen atoms in total. The summed E-state index contributed by atoms with van der Waals surface area (Å²) >= 11 is 0. The minimum atomic E-state index is -0.469. The first-order valence-corrected chi connectivity index (χ1v) is 13.4. The van der Waals surface area contributed by atoms with E-state index in [4.69, 9.17) is 9.72 Å². The van der Waals surface area contributed by atoms with Crippen LogP contribution in [0.5, 0.6) is 0 Å². The number of hydrogen-bond acceptors (Lipinski definition) is 5. The Hall–Kier alpha value is -4.03. The molecule has 192 valence electrons. The van der Waals surface area contributed by atoms with Crippen LogP contribution in [0.1, 0.15) is 46.1 Å². The molecule has 0 N–H and O–H groups in total. The summed E-state index contributed by atoms with van der Waals surface area (Å²) in [4.78, 5) is 36.4. The fourth-order valence-corrected chi connectivity index (χ4v) is 5.80. The highest BCUT2D eigenvalue weighted by molar-refractivity contribution is 6.07. The summed E-state index contributed by atoms with van der Waals surface area (Å²) in [5.41, 5.74) is 7.10. The molecule has 1 amide bonds. The molecule has 0 saturated carbocycles. The van der Waals surface area contributed by atoms with Crippen molar-refractivity contribution in [1.29, 1.82) is 0 Å². The van der Waals surface area contributed by atoms with E-state index >= 15 is 0 Å². The quantitative estimate of drug-likeness (QED) is 0.329. The number of pyridine rings is 1. The Bertz CT molecular complexity index is 1480. The first-order chi connectivity index (χ1) is 18.6. The lowest BCUT2D eigenvalue weighted by atomic mass is 9.95. The van der Waals surface area contributed by atoms with Gasteiger partial charge in [-0.2, -0.15) is 0 Å². The molecule has 0 aliphatic carbocycles. The van der Waals surface area contributed by atoms with Crippen molar-refractivity contribution in [3.63, 3.8) is 0 Å². The van der Waals surface area contributed by atoms with Gasteiger partial charge in [-0.25, -0.2) is 4.79 Å². The van der Waals surface area contributed by atoms with Gasteiger partial charge < -0.3 is 4.74 Å². The SMILES string of the molecule is CCCN1CCc2nc3ccccc3c(C(=O)OCC(=O)N3c4ccccc4CCc4ccccc43)c2C1. The number of nitrogens with zero attached hydrogens (tertiary/aromatic N) is 3. The Morgan fingerprint density at radius 1 is 0.868 bits per heavy atom. The molecule has 2 aliphatic rings. The molecule has 3 heterocycles. The van der Waals surface area contributed by atoms with Gasteiger partial charge >= 0.3 is 5.97 Å². The molecular formula is C32H31N3O3. The van der Waals surface area contributed by atoms with Gasteiger partial charge in [-0.05, 0) is 55.1 Å². The predicted octanol–water partition coefficient (Wildman–Crippen LogP) is 5.62. The number of ether oxygens (including phenoxy) is 1. The van der Waals surface area contributed by atoms with Crippen molar-refractivity contribution < 1.29 is 14.3 Å². The van der Waals surface area contributed by atoms with Gasteiger partial charge in [0.25, 0.3) is 5.91 Å². The number of esters is 1. The lowest BCUT2D eigenvalue weighted by Gasteiger charge is -2.29. The summed E-state index contributed by atoms with van der Waals surface area (Å²) in [6.07, 6.45) is 3.53. The molecule has 4 aromatic rings. The standard InChI is InChI=1S/C32H31N3O3/c1-2-18-34-19-17-27-25(20-34)31(24-11-5-6-12-26(24)33-27)32(37)38-21-30(36)35-28-13-7-3-9-22(28)15-16-23-10-4-8-14-29(23)35/h3-14H,2,15-21H2,1H3. The topological polar surface area (TPSA) is 62.7 Å². The Labute approximate surface area is 222 Å². The van der Waals surface area contributed by atoms with Gasteiger partial charge in [0.1, 0.15) is 0 Å². The molecule has 0 saturated heterocycles. The summed E-state index contributed by atoms with van der Waals surface area (Å²) < 4.78 is 5.81. The highest BCUT2D eigenvalue weighted by Gasteiger charge is 2.29. The van der Waals surface area contributed by atoms with Crippen LogP contribution in [0, 0.1) is 0 Å². The third-order valence-electron chi connectivity index (χ3n) is 7.57. The van der Waals surface area contributed by atoms with E-state index in [2.05, 4.69) is 24.0 Å². The number of aromatic nitrogens is 1. The third kappa shape index (κ3) is 4.45. The molecule has 6 heteroatoms. The molecule has 3 aromatic carbocycles. The van der Waals surface area contributed by atoms with Crippen LogP contribution in [-0.2, 0) is 35.3 Å². The molecule has 2 aliphatic heterocycles. The monoisotopic (exact) mass is 505 g/mol. The molecular weight excluding hydrogens is 474 g/mol. The number of carbonyl (C=O) groups is 2. The van der Waals surface area contributed by atoms with E-state index in [0.29, 0.717) is 12.1 Å². The minimum Gasteiger partial charge on any atom is -0.452 e. The highest BCUT2D eigenvalue weighted by Crippen LogP contribution is 2.36. The zero-order valence-electron chi connectivity index (χ0n) is 21.7. The van der Waals surface area contributed by atoms with Crippen molar-refractivity contribution in [2.24, 2.45) is 0 Å². The van der Waals surface area contributed by atoms with Crippen LogP contribution in [-0.4, -0.2) is 41.5 Å². The second-order valence-electron chi connectivity index (χ2n) is 10.0. The lowest BCUT2D eigenvalue weighted by Crippen LogP contribution is -2.34. The van der Waals surface area contributed by atoms with E-state index in [9.17, 15) is 9.59 Å². The minimum absolute atomic E-state index is 0.264. The van der Waals surface area contributed by atoms with Gasteiger partial charge in [0, 0.05) is 36.2 Å². The van der Waals surface area contributed by atoms with Crippen molar-refractivity contribution in [2.75, 3.05) is 24.6 Å². The number of rotatable bonds is 5. The first-order valence-electron chi connectivity index (χ1n) is 13.4. The largest absolute Gasteiger partial charge is 0.452 e. The van der Waals surface area contributed by atoms with Gasteiger partial charge in [0.2, 0.25) is 0 Å². The molecule has 0 bridgehead atoms. The molecule has 38 heavy (non-hydrogen) atoms. The number of benzene rings is 3. The molecule has 0 fully saturated rings. The number of amides is 1. The summed E-state index contributed by atoms with van der Waals surface area (Å²) in [7, 11) is 0. The van der Waals surface area contributed by atoms with Crippen LogP contribution in [0.25, 0.3) is 10.9 Å². The zero-order valence-corrected chi connectivity index (χ0v) is 21.7. The second-order valence-corrected chi connectivity index (χ2v) is 10.0. The number of fused-ring (bicyclic) bond motifs is 4. The summed E-state index contributed by atoms with van der Waals surface area (Å²) in [5, 5.41) is 0.771. The van der Waals surface area contributed by atoms with Gasteiger partial charge in [-0.1, -0.05) is 61.5 Å². The van der Waals surface area contributed by atoms with E-state index in [1.807, 2.05) is 60.7 Å². The van der Waals surface area contributed by atoms with Crippen molar-refractivity contribution in [2.45, 2.75) is 39.2 Å². The second kappa shape index (κ2) is 10.4. The van der Waals surface area contributed by atoms with Crippen molar-refractivity contribution in [1.82, 2.24) is 9.88 Å². The number of anilines is 2. The van der Waals surface area contributed by atoms with E-state index in [1.165, 1.54) is 0 Å². The maximum atomic E-state index is 13.7. The molecule has 6 rings (SSSR count). The number of aryl methyl sites for hydroxylation is 2. The van der Waals surface area contributed by atoms with E-state index in [0.717, 1.165) is 83.4 Å². The molecule has 0 radical (unpaired) electrons. The zero-order chi connectivity index (χ0) is 26.1. The van der Waals surface area contributed by atoms with Gasteiger partial charge in [0.05, 0.1) is 22.5 Å². The maximum absolute atomic E-state index is 13.7. The van der Waals surface area contributed by atoms with Crippen LogP contribution < -0.4 is 4.90 Å². The number of hydrogen-bond donors (Lipinski definition) is 0. The lowest BCUT2D eigenvalue weighted by molar-refractivity contribution is -0.120. The number of carbonyl (C=O) groups excluding carboxylic acids is 2. The van der Waals surface area contributed by atoms with Crippen LogP contribution in [0.4, 0.5) is 11.4 Å². The average Bonchev–Trinajstić information content (AvgIpc) is 3.12. The van der Waals surface area contributed by atoms with Crippen molar-refractivity contribution in [3.8, 4) is 0 Å². The predicted molar refractivity (Wildman–Crippen MR) is 149 cm³/mol. The molecule has 0 unspecified atom stereocenters. The average molecular weight is 506 g/mol. The van der Waals surface area contributed by atoms with E-state index in [-0.39, 0.29) is 12.5 Å². The number of para-hydroxylation sites is 3. The van der Waals surface area contributed by atoms with E-state index in [1.54, 1.807) is 4.90 Å². The van der Waals surface area contributed by atoms with Gasteiger partial charge in [-0.3, -0.25) is 19.6 Å². The normalized spacial score (nSPS) is 14.8. The molecule has 0 spiro atoms. The summed E-state index contributed by atoms with van der Waals surface area (Å²) in [5.74, 6) is -0.733. The molecule has 1 aromatic heterocycles. The summed E-state index contributed by atoms with van der Waals surface area (Å²) in [6, 6.07) is 23.6. The Morgan fingerprint density at radius 3 is 2.24 bits per heavy atom.